The summed E-state index contributed by atoms with van der Waals surface area (Å²) in [6, 6.07) is 3.82. The Morgan fingerprint density at radius 3 is 2.87 bits per heavy atom. The quantitative estimate of drug-likeness (QED) is 0.755. The van der Waals surface area contributed by atoms with Crippen LogP contribution in [0.1, 0.15) is 12.8 Å². The summed E-state index contributed by atoms with van der Waals surface area (Å²) in [6.45, 7) is 2.22. The van der Waals surface area contributed by atoms with Gasteiger partial charge in [-0.2, -0.15) is 0 Å². The molecule has 80 valence electrons. The molecular formula is C10H14BBrN2O. The second-order valence-corrected chi connectivity index (χ2v) is 4.85. The fourth-order valence-electron chi connectivity index (χ4n) is 1.72. The van der Waals surface area contributed by atoms with Crippen LogP contribution < -0.4 is 4.74 Å². The van der Waals surface area contributed by atoms with Gasteiger partial charge in [-0.25, -0.2) is 4.98 Å². The summed E-state index contributed by atoms with van der Waals surface area (Å²) >= 11 is 3.41. The molecule has 0 amide bonds. The molecule has 1 aliphatic heterocycles. The summed E-state index contributed by atoms with van der Waals surface area (Å²) in [5.41, 5.74) is 0. The smallest absolute Gasteiger partial charge is 0.214 e. The highest BCUT2D eigenvalue weighted by molar-refractivity contribution is 9.10. The second-order valence-electron chi connectivity index (χ2n) is 3.93. The third-order valence-corrected chi connectivity index (χ3v) is 3.14. The molecule has 2 rings (SSSR count). The van der Waals surface area contributed by atoms with E-state index in [1.807, 2.05) is 12.1 Å². The van der Waals surface area contributed by atoms with E-state index < -0.39 is 0 Å². The predicted molar refractivity (Wildman–Crippen MR) is 65.7 cm³/mol. The van der Waals surface area contributed by atoms with Crippen molar-refractivity contribution in [1.82, 2.24) is 9.79 Å². The first-order valence-electron chi connectivity index (χ1n) is 5.21. The highest BCUT2D eigenvalue weighted by Gasteiger charge is 2.18. The number of piperidine rings is 1. The molecule has 1 aromatic heterocycles. The van der Waals surface area contributed by atoms with Crippen LogP contribution in [0.3, 0.4) is 0 Å². The molecule has 0 saturated carbocycles. The standard InChI is InChI=1S/C10H14BBrN2O/c11-14-5-2-9(3-6-14)15-10-7-8(12)1-4-13-10/h1,4,7,9H,2-3,5-6,11H2. The minimum Gasteiger partial charge on any atom is -0.474 e. The van der Waals surface area contributed by atoms with E-state index in [1.54, 1.807) is 6.20 Å². The van der Waals surface area contributed by atoms with Crippen LogP contribution in [-0.2, 0) is 0 Å². The summed E-state index contributed by atoms with van der Waals surface area (Å²) in [5, 5.41) is 0. The minimum atomic E-state index is 0.322. The molecule has 2 heterocycles. The van der Waals surface area contributed by atoms with Crippen LogP contribution in [0.2, 0.25) is 0 Å². The van der Waals surface area contributed by atoms with Gasteiger partial charge in [0.15, 0.2) is 7.98 Å². The number of pyridine rings is 1. The maximum atomic E-state index is 5.82. The molecule has 0 unspecified atom stereocenters. The topological polar surface area (TPSA) is 25.4 Å². The van der Waals surface area contributed by atoms with Gasteiger partial charge in [0.25, 0.3) is 0 Å². The number of nitrogens with zero attached hydrogens (tertiary/aromatic N) is 2. The number of rotatable bonds is 2. The summed E-state index contributed by atoms with van der Waals surface area (Å²) < 4.78 is 6.83. The van der Waals surface area contributed by atoms with Gasteiger partial charge < -0.3 is 9.55 Å². The van der Waals surface area contributed by atoms with E-state index >= 15 is 0 Å². The number of halogens is 1. The molecule has 1 saturated heterocycles. The van der Waals surface area contributed by atoms with E-state index in [4.69, 9.17) is 4.74 Å². The van der Waals surface area contributed by atoms with Crippen LogP contribution in [0, 0.1) is 0 Å². The average molecular weight is 269 g/mol. The summed E-state index contributed by atoms with van der Waals surface area (Å²) in [5.74, 6) is 0.721. The van der Waals surface area contributed by atoms with Crippen molar-refractivity contribution in [2.45, 2.75) is 18.9 Å². The maximum Gasteiger partial charge on any atom is 0.214 e. The van der Waals surface area contributed by atoms with Gasteiger partial charge in [-0.15, -0.1) is 0 Å². The molecule has 0 radical (unpaired) electrons. The molecule has 0 aliphatic carbocycles. The Morgan fingerprint density at radius 2 is 2.20 bits per heavy atom. The molecule has 0 spiro atoms. The van der Waals surface area contributed by atoms with Gasteiger partial charge in [-0.3, -0.25) is 0 Å². The van der Waals surface area contributed by atoms with Crippen molar-refractivity contribution in [1.29, 1.82) is 0 Å². The Labute approximate surface area is 99.4 Å². The largest absolute Gasteiger partial charge is 0.474 e. The summed E-state index contributed by atoms with van der Waals surface area (Å²) in [4.78, 5) is 6.51. The van der Waals surface area contributed by atoms with Gasteiger partial charge in [0.1, 0.15) is 6.10 Å². The molecule has 0 bridgehead atoms. The molecule has 0 atom stereocenters. The predicted octanol–water partition coefficient (Wildman–Crippen LogP) is 1.24. The summed E-state index contributed by atoms with van der Waals surface area (Å²) in [7, 11) is 2.15. The van der Waals surface area contributed by atoms with Gasteiger partial charge in [0.05, 0.1) is 0 Å². The zero-order chi connectivity index (χ0) is 10.7. The third kappa shape index (κ3) is 3.21. The number of aromatic nitrogens is 1. The normalized spacial score (nSPS) is 19.0. The van der Waals surface area contributed by atoms with Crippen LogP contribution in [0.15, 0.2) is 22.8 Å². The fourth-order valence-corrected chi connectivity index (χ4v) is 2.04. The molecular weight excluding hydrogens is 255 g/mol. The van der Waals surface area contributed by atoms with Crippen molar-refractivity contribution >= 4 is 23.9 Å². The van der Waals surface area contributed by atoms with Crippen LogP contribution in [0.4, 0.5) is 0 Å². The SMILES string of the molecule is BN1CCC(Oc2cc(Br)ccn2)CC1. The Bertz CT molecular complexity index is 329. The first-order valence-corrected chi connectivity index (χ1v) is 6.00. The van der Waals surface area contributed by atoms with Crippen LogP contribution >= 0.6 is 15.9 Å². The Kier molecular flexibility index (Phi) is 3.64. The van der Waals surface area contributed by atoms with E-state index in [2.05, 4.69) is 33.7 Å². The highest BCUT2D eigenvalue weighted by atomic mass is 79.9. The second kappa shape index (κ2) is 4.99. The van der Waals surface area contributed by atoms with Crippen LogP contribution in [0.25, 0.3) is 0 Å². The molecule has 1 aliphatic rings. The molecule has 0 N–H and O–H groups in total. The Morgan fingerprint density at radius 1 is 1.47 bits per heavy atom. The van der Waals surface area contributed by atoms with Gasteiger partial charge >= 0.3 is 0 Å². The van der Waals surface area contributed by atoms with Gasteiger partial charge in [-0.05, 0) is 32.0 Å². The zero-order valence-corrected chi connectivity index (χ0v) is 10.4. The first-order chi connectivity index (χ1) is 7.24. The summed E-state index contributed by atoms with van der Waals surface area (Å²) in [6.07, 6.45) is 4.26. The number of hydrogen-bond donors (Lipinski definition) is 0. The average Bonchev–Trinajstić information content (AvgIpc) is 2.22. The van der Waals surface area contributed by atoms with E-state index in [1.165, 1.54) is 0 Å². The van der Waals surface area contributed by atoms with E-state index in [0.717, 1.165) is 36.3 Å². The van der Waals surface area contributed by atoms with E-state index in [9.17, 15) is 0 Å². The molecule has 3 nitrogen and oxygen atoms in total. The van der Waals surface area contributed by atoms with Crippen molar-refractivity contribution in [2.24, 2.45) is 0 Å². The molecule has 1 aromatic rings. The molecule has 15 heavy (non-hydrogen) atoms. The highest BCUT2D eigenvalue weighted by Crippen LogP contribution is 2.19. The monoisotopic (exact) mass is 268 g/mol. The molecule has 5 heteroatoms. The number of hydrogen-bond acceptors (Lipinski definition) is 3. The van der Waals surface area contributed by atoms with E-state index in [0.29, 0.717) is 6.10 Å². The zero-order valence-electron chi connectivity index (χ0n) is 8.82. The fraction of sp³-hybridized carbons (Fsp3) is 0.500. The molecule has 1 fully saturated rings. The lowest BCUT2D eigenvalue weighted by Crippen LogP contribution is -2.36. The van der Waals surface area contributed by atoms with Gasteiger partial charge in [0.2, 0.25) is 5.88 Å². The van der Waals surface area contributed by atoms with Crippen molar-refractivity contribution in [2.75, 3.05) is 13.1 Å². The lowest BCUT2D eigenvalue weighted by molar-refractivity contribution is 0.131. The lowest BCUT2D eigenvalue weighted by atomic mass is 10.1. The third-order valence-electron chi connectivity index (χ3n) is 2.65. The Hall–Kier alpha value is -0.545. The van der Waals surface area contributed by atoms with Crippen molar-refractivity contribution in [3.8, 4) is 5.88 Å². The first kappa shape index (κ1) is 11.0. The van der Waals surface area contributed by atoms with Crippen molar-refractivity contribution < 1.29 is 4.74 Å². The lowest BCUT2D eigenvalue weighted by Gasteiger charge is -2.29. The van der Waals surface area contributed by atoms with Crippen molar-refractivity contribution in [3.05, 3.63) is 22.8 Å². The van der Waals surface area contributed by atoms with E-state index in [-0.39, 0.29) is 0 Å². The van der Waals surface area contributed by atoms with Gasteiger partial charge in [-0.1, -0.05) is 15.9 Å². The van der Waals surface area contributed by atoms with Crippen molar-refractivity contribution in [3.63, 3.8) is 0 Å². The van der Waals surface area contributed by atoms with Crippen LogP contribution in [0.5, 0.6) is 5.88 Å². The number of ether oxygens (including phenoxy) is 1. The Balaban J connectivity index is 1.92. The van der Waals surface area contributed by atoms with Gasteiger partial charge in [0, 0.05) is 16.7 Å². The minimum absolute atomic E-state index is 0.322. The maximum absolute atomic E-state index is 5.82. The van der Waals surface area contributed by atoms with Crippen LogP contribution in [-0.4, -0.2) is 37.0 Å². The molecule has 0 aromatic carbocycles.